The second-order valence-electron chi connectivity index (χ2n) is 10.2. The predicted octanol–water partition coefficient (Wildman–Crippen LogP) is 6.18. The minimum atomic E-state index is 0.484. The second-order valence-corrected chi connectivity index (χ2v) is 11.0. The zero-order valence-electron chi connectivity index (χ0n) is 22.2. The minimum absolute atomic E-state index is 0.484. The summed E-state index contributed by atoms with van der Waals surface area (Å²) in [6.07, 6.45) is 4.17. The van der Waals surface area contributed by atoms with E-state index in [1.807, 2.05) is 23.5 Å². The van der Waals surface area contributed by atoms with Crippen LogP contribution in [0.4, 0.5) is 23.0 Å². The number of pyridine rings is 1. The molecule has 202 valence electrons. The molecule has 0 amide bonds. The lowest BCUT2D eigenvalue weighted by Gasteiger charge is -2.35. The summed E-state index contributed by atoms with van der Waals surface area (Å²) in [6.45, 7) is 9.59. The first-order valence-corrected chi connectivity index (χ1v) is 14.1. The van der Waals surface area contributed by atoms with Crippen molar-refractivity contribution in [2.45, 2.75) is 20.3 Å². The van der Waals surface area contributed by atoms with Crippen molar-refractivity contribution < 1.29 is 0 Å². The van der Waals surface area contributed by atoms with Crippen LogP contribution in [0.1, 0.15) is 19.4 Å². The van der Waals surface area contributed by atoms with Crippen LogP contribution in [-0.2, 0) is 6.42 Å². The van der Waals surface area contributed by atoms with Crippen molar-refractivity contribution in [1.29, 1.82) is 0 Å². The summed E-state index contributed by atoms with van der Waals surface area (Å²) >= 11 is 13.6. The second kappa shape index (κ2) is 9.99. The Balaban J connectivity index is 1.20. The first-order chi connectivity index (χ1) is 19.5. The number of nitrogens with zero attached hydrogens (tertiary/aromatic N) is 8. The van der Waals surface area contributed by atoms with E-state index in [0.29, 0.717) is 32.9 Å². The molecule has 1 N–H and O–H groups in total. The van der Waals surface area contributed by atoms with Gasteiger partial charge in [-0.2, -0.15) is 4.98 Å². The number of aromatic nitrogens is 5. The first-order valence-electron chi connectivity index (χ1n) is 13.4. The van der Waals surface area contributed by atoms with Gasteiger partial charge in [0.1, 0.15) is 6.33 Å². The summed E-state index contributed by atoms with van der Waals surface area (Å²) in [6, 6.07) is 12.3. The molecule has 7 rings (SSSR count). The molecule has 9 nitrogen and oxygen atoms in total. The molecule has 1 fully saturated rings. The molecule has 0 aliphatic carbocycles. The number of rotatable bonds is 5. The minimum Gasteiger partial charge on any atom is -0.369 e. The highest BCUT2D eigenvalue weighted by molar-refractivity contribution is 6.41. The molecule has 1 saturated heterocycles. The summed E-state index contributed by atoms with van der Waals surface area (Å²) in [5.41, 5.74) is 7.65. The molecule has 5 heterocycles. The Labute approximate surface area is 241 Å². The van der Waals surface area contributed by atoms with Gasteiger partial charge in [0, 0.05) is 72.4 Å². The summed E-state index contributed by atoms with van der Waals surface area (Å²) in [4.78, 5) is 18.9. The maximum atomic E-state index is 6.87. The van der Waals surface area contributed by atoms with E-state index in [0.717, 1.165) is 72.7 Å². The molecule has 0 radical (unpaired) electrons. The van der Waals surface area contributed by atoms with E-state index in [9.17, 15) is 0 Å². The lowest BCUT2D eigenvalue weighted by molar-refractivity contribution is 0.271. The van der Waals surface area contributed by atoms with E-state index in [1.54, 1.807) is 12.5 Å². The van der Waals surface area contributed by atoms with Crippen molar-refractivity contribution in [2.24, 2.45) is 4.99 Å². The van der Waals surface area contributed by atoms with Gasteiger partial charge >= 0.3 is 0 Å². The molecular formula is C29H27Cl2N9. The zero-order valence-corrected chi connectivity index (χ0v) is 23.7. The third-order valence-corrected chi connectivity index (χ3v) is 8.38. The largest absolute Gasteiger partial charge is 0.369 e. The summed E-state index contributed by atoms with van der Waals surface area (Å²) < 4.78 is 1.84. The molecule has 5 aromatic rings. The number of benzene rings is 2. The van der Waals surface area contributed by atoms with Gasteiger partial charge in [-0.25, -0.2) is 4.98 Å². The number of aliphatic imine (C=N–C) groups is 1. The Kier molecular flexibility index (Phi) is 6.30. The highest BCUT2D eigenvalue weighted by atomic mass is 35.5. The average Bonchev–Trinajstić information content (AvgIpc) is 3.61. The van der Waals surface area contributed by atoms with Crippen molar-refractivity contribution in [1.82, 2.24) is 29.5 Å². The Hall–Kier alpha value is -3.79. The SMILES string of the molecule is CCN1CCN(c2ccc(Nc3ncc4cc(-c5c(Cl)cc6c(c5Cl)N=C(C)C6)c5nncn5c4n3)cc2)CC1. The van der Waals surface area contributed by atoms with Crippen molar-refractivity contribution in [3.05, 3.63) is 64.5 Å². The van der Waals surface area contributed by atoms with E-state index < -0.39 is 0 Å². The van der Waals surface area contributed by atoms with E-state index in [1.165, 1.54) is 5.69 Å². The normalized spacial score (nSPS) is 15.6. The van der Waals surface area contributed by atoms with Crippen LogP contribution in [-0.4, -0.2) is 67.9 Å². The predicted molar refractivity (Wildman–Crippen MR) is 162 cm³/mol. The van der Waals surface area contributed by atoms with Gasteiger partial charge < -0.3 is 15.1 Å². The van der Waals surface area contributed by atoms with Gasteiger partial charge in [0.2, 0.25) is 5.95 Å². The van der Waals surface area contributed by atoms with Gasteiger partial charge in [0.15, 0.2) is 11.3 Å². The average molecular weight is 573 g/mol. The smallest absolute Gasteiger partial charge is 0.229 e. The van der Waals surface area contributed by atoms with Crippen molar-refractivity contribution >= 4 is 68.6 Å². The van der Waals surface area contributed by atoms with Crippen LogP contribution in [0.25, 0.3) is 27.8 Å². The summed E-state index contributed by atoms with van der Waals surface area (Å²) in [7, 11) is 0. The molecule has 0 spiro atoms. The quantitative estimate of drug-likeness (QED) is 0.269. The maximum Gasteiger partial charge on any atom is 0.229 e. The van der Waals surface area contributed by atoms with Crippen molar-refractivity contribution in [3.8, 4) is 11.1 Å². The fraction of sp³-hybridized carbons (Fsp3) is 0.276. The zero-order chi connectivity index (χ0) is 27.4. The van der Waals surface area contributed by atoms with E-state index in [-0.39, 0.29) is 0 Å². The Morgan fingerprint density at radius 3 is 2.58 bits per heavy atom. The molecule has 40 heavy (non-hydrogen) atoms. The van der Waals surface area contributed by atoms with Gasteiger partial charge in [-0.3, -0.25) is 9.39 Å². The van der Waals surface area contributed by atoms with E-state index >= 15 is 0 Å². The molecule has 0 atom stereocenters. The van der Waals surface area contributed by atoms with Crippen LogP contribution >= 0.6 is 23.2 Å². The number of piperazine rings is 1. The van der Waals surface area contributed by atoms with Crippen LogP contribution < -0.4 is 10.2 Å². The van der Waals surface area contributed by atoms with Gasteiger partial charge in [-0.05, 0) is 55.4 Å². The lowest BCUT2D eigenvalue weighted by atomic mass is 10.0. The molecule has 0 saturated carbocycles. The number of hydrogen-bond acceptors (Lipinski definition) is 8. The van der Waals surface area contributed by atoms with Gasteiger partial charge in [-0.15, -0.1) is 10.2 Å². The standard InChI is InChI=1S/C29H27Cl2N9/c1-3-38-8-10-39(11-9-38)21-6-4-20(5-7-21)35-29-32-15-19-13-22(28-37-33-16-40(28)27(19)36-29)24-23(30)14-18-12-17(2)34-26(18)25(24)31/h4-7,13-16H,3,8-12H2,1-2H3,(H,32,35,36). The Bertz CT molecular complexity index is 1790. The number of halogens is 2. The number of likely N-dealkylation sites (N-methyl/N-ethyl adjacent to an activating group) is 1. The van der Waals surface area contributed by atoms with E-state index in [2.05, 4.69) is 66.5 Å². The fourth-order valence-corrected chi connectivity index (χ4v) is 6.33. The maximum absolute atomic E-state index is 6.87. The van der Waals surface area contributed by atoms with Crippen molar-refractivity contribution in [2.75, 3.05) is 42.9 Å². The monoisotopic (exact) mass is 571 g/mol. The van der Waals surface area contributed by atoms with Gasteiger partial charge in [0.05, 0.1) is 15.7 Å². The Morgan fingerprint density at radius 2 is 1.80 bits per heavy atom. The number of nitrogens with one attached hydrogen (secondary N) is 1. The first kappa shape index (κ1) is 25.2. The molecule has 2 aliphatic heterocycles. The number of hydrogen-bond donors (Lipinski definition) is 1. The highest BCUT2D eigenvalue weighted by Crippen LogP contribution is 2.46. The van der Waals surface area contributed by atoms with Crippen LogP contribution in [0.15, 0.2) is 53.9 Å². The third-order valence-electron chi connectivity index (χ3n) is 7.71. The molecular weight excluding hydrogens is 545 g/mol. The van der Waals surface area contributed by atoms with Crippen LogP contribution in [0.5, 0.6) is 0 Å². The van der Waals surface area contributed by atoms with Crippen LogP contribution in [0.2, 0.25) is 10.0 Å². The van der Waals surface area contributed by atoms with E-state index in [4.69, 9.17) is 28.2 Å². The van der Waals surface area contributed by atoms with Crippen LogP contribution in [0, 0.1) is 0 Å². The summed E-state index contributed by atoms with van der Waals surface area (Å²) in [5.74, 6) is 0.484. The molecule has 3 aromatic heterocycles. The number of fused-ring (bicyclic) bond motifs is 4. The summed E-state index contributed by atoms with van der Waals surface area (Å²) in [5, 5.41) is 13.8. The third kappa shape index (κ3) is 4.34. The van der Waals surface area contributed by atoms with Crippen LogP contribution in [0.3, 0.4) is 0 Å². The lowest BCUT2D eigenvalue weighted by Crippen LogP contribution is -2.46. The number of anilines is 3. The fourth-order valence-electron chi connectivity index (χ4n) is 5.59. The van der Waals surface area contributed by atoms with Gasteiger partial charge in [-0.1, -0.05) is 30.1 Å². The molecule has 2 aliphatic rings. The molecule has 2 aromatic carbocycles. The Morgan fingerprint density at radius 1 is 1.00 bits per heavy atom. The van der Waals surface area contributed by atoms with Gasteiger partial charge in [0.25, 0.3) is 0 Å². The molecule has 0 bridgehead atoms. The topological polar surface area (TPSA) is 86.8 Å². The highest BCUT2D eigenvalue weighted by Gasteiger charge is 2.24. The van der Waals surface area contributed by atoms with Crippen molar-refractivity contribution in [3.63, 3.8) is 0 Å². The molecule has 11 heteroatoms. The molecule has 0 unspecified atom stereocenters.